The highest BCUT2D eigenvalue weighted by Crippen LogP contribution is 2.20. The molecule has 0 unspecified atom stereocenters. The van der Waals surface area contributed by atoms with E-state index < -0.39 is 0 Å². The van der Waals surface area contributed by atoms with Crippen molar-refractivity contribution in [2.75, 3.05) is 7.05 Å². The fourth-order valence-corrected chi connectivity index (χ4v) is 1.65. The molecule has 0 atom stereocenters. The first-order valence-corrected chi connectivity index (χ1v) is 5.34. The number of fused-ring (bicyclic) bond motifs is 1. The van der Waals surface area contributed by atoms with E-state index in [1.165, 1.54) is 0 Å². The molecule has 0 radical (unpaired) electrons. The lowest BCUT2D eigenvalue weighted by Crippen LogP contribution is -2.18. The monoisotopic (exact) mass is 217 g/mol. The molecule has 0 aliphatic heterocycles. The Balaban J connectivity index is 2.63. The van der Waals surface area contributed by atoms with E-state index in [0.29, 0.717) is 11.5 Å². The summed E-state index contributed by atoms with van der Waals surface area (Å²) >= 11 is 0. The predicted octanol–water partition coefficient (Wildman–Crippen LogP) is 2.05. The highest BCUT2D eigenvalue weighted by atomic mass is 16.1. The van der Waals surface area contributed by atoms with Gasteiger partial charge < -0.3 is 10.3 Å². The molecule has 1 heterocycles. The smallest absolute Gasteiger partial charge is 0.253 e. The zero-order valence-electron chi connectivity index (χ0n) is 9.66. The topological polar surface area (TPSA) is 57.8 Å². The molecule has 0 saturated carbocycles. The molecule has 1 amide bonds. The summed E-state index contributed by atoms with van der Waals surface area (Å²) in [4.78, 5) is 19.3. The summed E-state index contributed by atoms with van der Waals surface area (Å²) in [6, 6.07) is 5.55. The highest BCUT2D eigenvalue weighted by molar-refractivity contribution is 6.04. The minimum absolute atomic E-state index is 0.0930. The second-order valence-electron chi connectivity index (χ2n) is 4.06. The van der Waals surface area contributed by atoms with Crippen LogP contribution >= 0.6 is 0 Å². The largest absolute Gasteiger partial charge is 0.355 e. The Morgan fingerprint density at radius 1 is 1.44 bits per heavy atom. The maximum Gasteiger partial charge on any atom is 0.253 e. The lowest BCUT2D eigenvalue weighted by molar-refractivity contribution is 0.0964. The van der Waals surface area contributed by atoms with Gasteiger partial charge in [0.05, 0.1) is 16.6 Å². The van der Waals surface area contributed by atoms with Gasteiger partial charge >= 0.3 is 0 Å². The number of nitrogens with zero attached hydrogens (tertiary/aromatic N) is 1. The van der Waals surface area contributed by atoms with Crippen LogP contribution in [0.15, 0.2) is 18.2 Å². The summed E-state index contributed by atoms with van der Waals surface area (Å²) in [6.45, 7) is 4.13. The maximum absolute atomic E-state index is 11.6. The van der Waals surface area contributed by atoms with Crippen LogP contribution in [0.1, 0.15) is 35.9 Å². The fraction of sp³-hybridized carbons (Fsp3) is 0.333. The van der Waals surface area contributed by atoms with Crippen molar-refractivity contribution in [2.24, 2.45) is 0 Å². The number of amides is 1. The number of rotatable bonds is 2. The summed E-state index contributed by atoms with van der Waals surface area (Å²) in [7, 11) is 1.63. The van der Waals surface area contributed by atoms with E-state index in [1.54, 1.807) is 13.1 Å². The molecule has 4 heteroatoms. The van der Waals surface area contributed by atoms with Crippen LogP contribution in [-0.2, 0) is 0 Å². The quantitative estimate of drug-likeness (QED) is 0.808. The second kappa shape index (κ2) is 3.96. The van der Waals surface area contributed by atoms with Crippen molar-refractivity contribution in [3.63, 3.8) is 0 Å². The first kappa shape index (κ1) is 10.7. The molecule has 4 nitrogen and oxygen atoms in total. The van der Waals surface area contributed by atoms with Crippen LogP contribution in [0.4, 0.5) is 0 Å². The Morgan fingerprint density at radius 3 is 2.81 bits per heavy atom. The first-order chi connectivity index (χ1) is 7.63. The van der Waals surface area contributed by atoms with Crippen molar-refractivity contribution < 1.29 is 4.79 Å². The van der Waals surface area contributed by atoms with E-state index in [0.717, 1.165) is 16.9 Å². The number of para-hydroxylation sites is 1. The molecule has 2 N–H and O–H groups in total. The van der Waals surface area contributed by atoms with E-state index in [1.807, 2.05) is 12.1 Å². The third kappa shape index (κ3) is 1.66. The lowest BCUT2D eigenvalue weighted by atomic mass is 10.2. The molecular weight excluding hydrogens is 202 g/mol. The van der Waals surface area contributed by atoms with Crippen LogP contribution in [0.3, 0.4) is 0 Å². The summed E-state index contributed by atoms with van der Waals surface area (Å²) in [5.41, 5.74) is 2.29. The van der Waals surface area contributed by atoms with E-state index in [4.69, 9.17) is 0 Å². The van der Waals surface area contributed by atoms with E-state index in [2.05, 4.69) is 29.1 Å². The van der Waals surface area contributed by atoms with Gasteiger partial charge in [-0.3, -0.25) is 4.79 Å². The molecule has 1 aromatic heterocycles. The van der Waals surface area contributed by atoms with Gasteiger partial charge in [0.2, 0.25) is 0 Å². The molecule has 0 saturated heterocycles. The van der Waals surface area contributed by atoms with Gasteiger partial charge in [-0.05, 0) is 12.1 Å². The summed E-state index contributed by atoms with van der Waals surface area (Å²) in [5, 5.41) is 2.63. The third-order valence-electron chi connectivity index (χ3n) is 2.55. The van der Waals surface area contributed by atoms with Gasteiger partial charge in [0, 0.05) is 13.0 Å². The first-order valence-electron chi connectivity index (χ1n) is 5.34. The zero-order chi connectivity index (χ0) is 11.7. The summed E-state index contributed by atoms with van der Waals surface area (Å²) in [5.74, 6) is 1.14. The Hall–Kier alpha value is -1.84. The van der Waals surface area contributed by atoms with E-state index in [9.17, 15) is 4.79 Å². The maximum atomic E-state index is 11.6. The van der Waals surface area contributed by atoms with Crippen molar-refractivity contribution in [1.29, 1.82) is 0 Å². The van der Waals surface area contributed by atoms with E-state index >= 15 is 0 Å². The number of carbonyl (C=O) groups is 1. The van der Waals surface area contributed by atoms with Gasteiger partial charge in [-0.2, -0.15) is 0 Å². The molecule has 2 rings (SSSR count). The Labute approximate surface area is 94.1 Å². The van der Waals surface area contributed by atoms with Gasteiger partial charge in [-0.15, -0.1) is 0 Å². The number of hydrogen-bond donors (Lipinski definition) is 2. The molecule has 1 aromatic carbocycles. The number of benzene rings is 1. The van der Waals surface area contributed by atoms with Crippen LogP contribution in [0.25, 0.3) is 11.0 Å². The van der Waals surface area contributed by atoms with Gasteiger partial charge in [0.15, 0.2) is 0 Å². The van der Waals surface area contributed by atoms with Gasteiger partial charge in [-0.25, -0.2) is 4.98 Å². The van der Waals surface area contributed by atoms with Crippen molar-refractivity contribution in [3.05, 3.63) is 29.6 Å². The minimum atomic E-state index is -0.0930. The van der Waals surface area contributed by atoms with E-state index in [-0.39, 0.29) is 5.91 Å². The Kier molecular flexibility index (Phi) is 2.64. The second-order valence-corrected chi connectivity index (χ2v) is 4.06. The highest BCUT2D eigenvalue weighted by Gasteiger charge is 2.12. The number of H-pyrrole nitrogens is 1. The standard InChI is InChI=1S/C12H15N3O/c1-7(2)11-14-9-6-4-5-8(10(9)15-11)12(16)13-3/h4-7H,1-3H3,(H,13,16)(H,14,15). The molecule has 0 aliphatic carbocycles. The van der Waals surface area contributed by atoms with Crippen LogP contribution in [0, 0.1) is 0 Å². The Morgan fingerprint density at radius 2 is 2.19 bits per heavy atom. The van der Waals surface area contributed by atoms with Gasteiger partial charge in [-0.1, -0.05) is 19.9 Å². The molecule has 0 spiro atoms. The SMILES string of the molecule is CNC(=O)c1cccc2nc(C(C)C)[nH]c12. The molecule has 2 aromatic rings. The average Bonchev–Trinajstić information content (AvgIpc) is 2.71. The molecule has 84 valence electrons. The minimum Gasteiger partial charge on any atom is -0.355 e. The van der Waals surface area contributed by atoms with Crippen LogP contribution in [0.5, 0.6) is 0 Å². The number of aromatic amines is 1. The lowest BCUT2D eigenvalue weighted by Gasteiger charge is -2.00. The third-order valence-corrected chi connectivity index (χ3v) is 2.55. The fourth-order valence-electron chi connectivity index (χ4n) is 1.65. The molecule has 0 aliphatic rings. The number of aromatic nitrogens is 2. The number of carbonyl (C=O) groups excluding carboxylic acids is 1. The van der Waals surface area contributed by atoms with Crippen molar-refractivity contribution in [3.8, 4) is 0 Å². The summed E-state index contributed by atoms with van der Waals surface area (Å²) < 4.78 is 0. The molecule has 16 heavy (non-hydrogen) atoms. The van der Waals surface area contributed by atoms with Gasteiger partial charge in [0.1, 0.15) is 5.82 Å². The number of hydrogen-bond acceptors (Lipinski definition) is 2. The Bertz CT molecular complexity index is 528. The predicted molar refractivity (Wildman–Crippen MR) is 63.6 cm³/mol. The van der Waals surface area contributed by atoms with Crippen molar-refractivity contribution in [1.82, 2.24) is 15.3 Å². The van der Waals surface area contributed by atoms with Crippen LogP contribution in [-0.4, -0.2) is 22.9 Å². The molecular formula is C12H15N3O. The van der Waals surface area contributed by atoms with Crippen LogP contribution < -0.4 is 5.32 Å². The van der Waals surface area contributed by atoms with Crippen molar-refractivity contribution in [2.45, 2.75) is 19.8 Å². The van der Waals surface area contributed by atoms with Crippen LogP contribution in [0.2, 0.25) is 0 Å². The average molecular weight is 217 g/mol. The number of imidazole rings is 1. The van der Waals surface area contributed by atoms with Gasteiger partial charge in [0.25, 0.3) is 5.91 Å². The number of nitrogens with one attached hydrogen (secondary N) is 2. The normalized spacial score (nSPS) is 11.0. The molecule has 0 fully saturated rings. The summed E-state index contributed by atoms with van der Waals surface area (Å²) in [6.07, 6.45) is 0. The zero-order valence-corrected chi connectivity index (χ0v) is 9.66. The molecule has 0 bridgehead atoms. The van der Waals surface area contributed by atoms with Crippen molar-refractivity contribution >= 4 is 16.9 Å².